The smallest absolute Gasteiger partial charge is 0.317 e. The molecule has 0 spiro atoms. The summed E-state index contributed by atoms with van der Waals surface area (Å²) >= 11 is 0. The predicted octanol–water partition coefficient (Wildman–Crippen LogP) is 2.11. The molecular formula is C12H17F3N2O. The molecule has 102 valence electrons. The molecule has 1 aromatic heterocycles. The fraction of sp³-hybridized carbons (Fsp3) is 0.583. The number of hydrogen-bond donors (Lipinski definition) is 1. The Bertz CT molecular complexity index is 440. The molecule has 1 rings (SSSR count). The summed E-state index contributed by atoms with van der Waals surface area (Å²) in [6.45, 7) is 5.11. The number of aromatic nitrogens is 1. The van der Waals surface area contributed by atoms with E-state index in [1.54, 1.807) is 0 Å². The molecule has 1 heterocycles. The van der Waals surface area contributed by atoms with Crippen LogP contribution in [-0.4, -0.2) is 17.7 Å². The minimum atomic E-state index is -4.50. The average Bonchev–Trinajstić information content (AvgIpc) is 2.27. The number of alkyl halides is 3. The van der Waals surface area contributed by atoms with Gasteiger partial charge in [0.2, 0.25) is 0 Å². The lowest BCUT2D eigenvalue weighted by molar-refractivity contribution is -0.144. The summed E-state index contributed by atoms with van der Waals surface area (Å²) in [6.07, 6.45) is -4.50. The second-order valence-electron chi connectivity index (χ2n) is 4.27. The van der Waals surface area contributed by atoms with Gasteiger partial charge in [0.05, 0.1) is 0 Å². The van der Waals surface area contributed by atoms with Crippen molar-refractivity contribution in [2.24, 2.45) is 5.92 Å². The molecule has 18 heavy (non-hydrogen) atoms. The lowest BCUT2D eigenvalue weighted by atomic mass is 10.1. The van der Waals surface area contributed by atoms with E-state index in [1.165, 1.54) is 0 Å². The van der Waals surface area contributed by atoms with E-state index in [1.807, 2.05) is 13.8 Å². The van der Waals surface area contributed by atoms with Crippen molar-refractivity contribution in [1.82, 2.24) is 9.88 Å². The zero-order valence-corrected chi connectivity index (χ0v) is 10.4. The minimum Gasteiger partial charge on any atom is -0.317 e. The minimum absolute atomic E-state index is 0.0499. The first-order chi connectivity index (χ1) is 8.36. The molecule has 1 atom stereocenters. The summed E-state index contributed by atoms with van der Waals surface area (Å²) in [5, 5.41) is 3.05. The Morgan fingerprint density at radius 2 is 2.06 bits per heavy atom. The normalized spacial score (nSPS) is 13.6. The molecule has 0 bridgehead atoms. The molecule has 0 aliphatic carbocycles. The number of halogens is 3. The van der Waals surface area contributed by atoms with Crippen molar-refractivity contribution in [3.63, 3.8) is 0 Å². The van der Waals surface area contributed by atoms with Crippen molar-refractivity contribution >= 4 is 0 Å². The van der Waals surface area contributed by atoms with Crippen LogP contribution in [0.1, 0.15) is 19.5 Å². The van der Waals surface area contributed by atoms with Gasteiger partial charge in [0.15, 0.2) is 0 Å². The van der Waals surface area contributed by atoms with Gasteiger partial charge < -0.3 is 9.88 Å². The highest BCUT2D eigenvalue weighted by Crippen LogP contribution is 2.28. The van der Waals surface area contributed by atoms with Gasteiger partial charge in [0.1, 0.15) is 5.69 Å². The quantitative estimate of drug-likeness (QED) is 0.882. The van der Waals surface area contributed by atoms with Crippen LogP contribution in [0.25, 0.3) is 0 Å². The largest absolute Gasteiger partial charge is 0.431 e. The van der Waals surface area contributed by atoms with Crippen LogP contribution in [0.4, 0.5) is 13.2 Å². The second-order valence-corrected chi connectivity index (χ2v) is 4.27. The maximum Gasteiger partial charge on any atom is 0.431 e. The van der Waals surface area contributed by atoms with E-state index in [0.29, 0.717) is 6.54 Å². The van der Waals surface area contributed by atoms with Crippen LogP contribution in [0, 0.1) is 5.92 Å². The first kappa shape index (κ1) is 14.8. The van der Waals surface area contributed by atoms with E-state index < -0.39 is 17.4 Å². The second kappa shape index (κ2) is 6.04. The van der Waals surface area contributed by atoms with Gasteiger partial charge in [0.25, 0.3) is 5.56 Å². The number of hydrogen-bond acceptors (Lipinski definition) is 2. The molecule has 0 saturated heterocycles. The first-order valence-corrected chi connectivity index (χ1v) is 5.84. The highest BCUT2D eigenvalue weighted by Gasteiger charge is 2.34. The molecule has 6 heteroatoms. The predicted molar refractivity (Wildman–Crippen MR) is 63.4 cm³/mol. The van der Waals surface area contributed by atoms with Crippen LogP contribution in [0.3, 0.4) is 0 Å². The molecule has 0 saturated carbocycles. The van der Waals surface area contributed by atoms with E-state index in [-0.39, 0.29) is 12.5 Å². The van der Waals surface area contributed by atoms with E-state index in [4.69, 9.17) is 0 Å². The molecule has 1 N–H and O–H groups in total. The monoisotopic (exact) mass is 262 g/mol. The third kappa shape index (κ3) is 3.87. The van der Waals surface area contributed by atoms with E-state index in [9.17, 15) is 18.0 Å². The average molecular weight is 262 g/mol. The van der Waals surface area contributed by atoms with Gasteiger partial charge in [-0.3, -0.25) is 4.79 Å². The van der Waals surface area contributed by atoms with Gasteiger partial charge in [-0.2, -0.15) is 13.2 Å². The number of nitrogens with one attached hydrogen (secondary N) is 1. The van der Waals surface area contributed by atoms with Gasteiger partial charge in [-0.15, -0.1) is 0 Å². The van der Waals surface area contributed by atoms with Crippen molar-refractivity contribution in [1.29, 1.82) is 0 Å². The Kier molecular flexibility index (Phi) is 4.95. The van der Waals surface area contributed by atoms with Crippen LogP contribution < -0.4 is 10.9 Å². The first-order valence-electron chi connectivity index (χ1n) is 5.84. The maximum absolute atomic E-state index is 12.8. The van der Waals surface area contributed by atoms with Crippen LogP contribution in [0.5, 0.6) is 0 Å². The lowest BCUT2D eigenvalue weighted by Crippen LogP contribution is -2.32. The van der Waals surface area contributed by atoms with Gasteiger partial charge in [-0.1, -0.05) is 19.9 Å². The summed E-state index contributed by atoms with van der Waals surface area (Å²) in [4.78, 5) is 11.5. The third-order valence-electron chi connectivity index (χ3n) is 2.58. The zero-order valence-electron chi connectivity index (χ0n) is 10.4. The lowest BCUT2D eigenvalue weighted by Gasteiger charge is -2.18. The van der Waals surface area contributed by atoms with E-state index in [2.05, 4.69) is 5.32 Å². The van der Waals surface area contributed by atoms with Crippen LogP contribution in [-0.2, 0) is 12.7 Å². The van der Waals surface area contributed by atoms with Crippen molar-refractivity contribution in [2.45, 2.75) is 26.6 Å². The summed E-state index contributed by atoms with van der Waals surface area (Å²) < 4.78 is 39.1. The van der Waals surface area contributed by atoms with Crippen molar-refractivity contribution in [3.05, 3.63) is 34.2 Å². The summed E-state index contributed by atoms with van der Waals surface area (Å²) in [5.74, 6) is -0.0499. The van der Waals surface area contributed by atoms with Gasteiger partial charge >= 0.3 is 6.18 Å². The van der Waals surface area contributed by atoms with Crippen molar-refractivity contribution < 1.29 is 13.2 Å². The Morgan fingerprint density at radius 1 is 1.39 bits per heavy atom. The molecule has 1 unspecified atom stereocenters. The number of nitrogens with zero attached hydrogens (tertiary/aromatic N) is 1. The molecular weight excluding hydrogens is 245 g/mol. The maximum atomic E-state index is 12.8. The standard InChI is InChI=1S/C12H17F3N2O/c1-3-16-7-9(2)8-17-10(12(13,14)15)5-4-6-11(17)18/h4-6,9,16H,3,7-8H2,1-2H3. The molecule has 0 amide bonds. The Morgan fingerprint density at radius 3 is 2.61 bits per heavy atom. The number of rotatable bonds is 5. The Labute approximate surface area is 104 Å². The van der Waals surface area contributed by atoms with Crippen LogP contribution >= 0.6 is 0 Å². The molecule has 0 aromatic carbocycles. The number of pyridine rings is 1. The SMILES string of the molecule is CCNCC(C)Cn1c(C(F)(F)F)cccc1=O. The van der Waals surface area contributed by atoms with Crippen molar-refractivity contribution in [3.8, 4) is 0 Å². The molecule has 3 nitrogen and oxygen atoms in total. The van der Waals surface area contributed by atoms with Crippen LogP contribution in [0.15, 0.2) is 23.0 Å². The molecule has 0 radical (unpaired) electrons. The summed E-state index contributed by atoms with van der Waals surface area (Å²) in [7, 11) is 0. The molecule has 0 aliphatic rings. The highest BCUT2D eigenvalue weighted by molar-refractivity contribution is 5.10. The fourth-order valence-electron chi connectivity index (χ4n) is 1.72. The Hall–Kier alpha value is -1.30. The summed E-state index contributed by atoms with van der Waals surface area (Å²) in [6, 6.07) is 3.22. The van der Waals surface area contributed by atoms with Gasteiger partial charge in [-0.25, -0.2) is 0 Å². The van der Waals surface area contributed by atoms with E-state index in [0.717, 1.165) is 29.3 Å². The highest BCUT2D eigenvalue weighted by atomic mass is 19.4. The molecule has 1 aromatic rings. The third-order valence-corrected chi connectivity index (χ3v) is 2.58. The summed E-state index contributed by atoms with van der Waals surface area (Å²) in [5.41, 5.74) is -1.51. The fourth-order valence-corrected chi connectivity index (χ4v) is 1.72. The van der Waals surface area contributed by atoms with Gasteiger partial charge in [-0.05, 0) is 25.1 Å². The van der Waals surface area contributed by atoms with Crippen LogP contribution in [0.2, 0.25) is 0 Å². The van der Waals surface area contributed by atoms with Gasteiger partial charge in [0, 0.05) is 12.6 Å². The molecule has 0 fully saturated rings. The Balaban J connectivity index is 2.97. The zero-order chi connectivity index (χ0) is 13.8. The van der Waals surface area contributed by atoms with E-state index >= 15 is 0 Å². The topological polar surface area (TPSA) is 34.0 Å². The van der Waals surface area contributed by atoms with Crippen molar-refractivity contribution in [2.75, 3.05) is 13.1 Å². The molecule has 0 aliphatic heterocycles.